The molecule has 0 aliphatic rings. The van der Waals surface area contributed by atoms with Crippen LogP contribution in [-0.4, -0.2) is 17.0 Å². The largest absolute Gasteiger partial charge is 0.496 e. The molecule has 8 heteroatoms. The highest BCUT2D eigenvalue weighted by molar-refractivity contribution is 9.10. The van der Waals surface area contributed by atoms with Gasteiger partial charge in [0, 0.05) is 21.7 Å². The minimum absolute atomic E-state index is 0.00909. The van der Waals surface area contributed by atoms with Crippen LogP contribution >= 0.6 is 15.9 Å². The Morgan fingerprint density at radius 2 is 1.93 bits per heavy atom. The van der Waals surface area contributed by atoms with Crippen LogP contribution in [0.3, 0.4) is 0 Å². The summed E-state index contributed by atoms with van der Waals surface area (Å²) in [5, 5.41) is 20.9. The number of methoxy groups -OCH3 is 1. The number of hydrogen-bond acceptors (Lipinski definition) is 6. The van der Waals surface area contributed by atoms with Gasteiger partial charge in [-0.05, 0) is 30.3 Å². The van der Waals surface area contributed by atoms with E-state index >= 15 is 0 Å². The van der Waals surface area contributed by atoms with Crippen molar-refractivity contribution in [3.8, 4) is 34.2 Å². The standard InChI is InChI=1S/C19H13BrN4O3/c1-27-18-7-6-11(20)8-14(18)13-9-16(23-19(22)15(13)10-21)12-4-2-3-5-17(12)24(25)26/h2-9H,1H3,(H2,22,23). The van der Waals surface area contributed by atoms with Gasteiger partial charge in [0.2, 0.25) is 0 Å². The van der Waals surface area contributed by atoms with Crippen LogP contribution in [0.4, 0.5) is 11.5 Å². The number of halogens is 1. The Balaban J connectivity index is 2.34. The maximum absolute atomic E-state index is 11.4. The molecular formula is C19H13BrN4O3. The van der Waals surface area contributed by atoms with Crippen LogP contribution in [-0.2, 0) is 0 Å². The summed E-state index contributed by atoms with van der Waals surface area (Å²) < 4.78 is 6.18. The highest BCUT2D eigenvalue weighted by Gasteiger charge is 2.21. The molecular weight excluding hydrogens is 412 g/mol. The van der Waals surface area contributed by atoms with Crippen molar-refractivity contribution in [1.29, 1.82) is 5.26 Å². The van der Waals surface area contributed by atoms with Crippen molar-refractivity contribution in [3.63, 3.8) is 0 Å². The van der Waals surface area contributed by atoms with E-state index in [1.165, 1.54) is 13.2 Å². The SMILES string of the molecule is COc1ccc(Br)cc1-c1cc(-c2ccccc2[N+](=O)[O-])nc(N)c1C#N. The van der Waals surface area contributed by atoms with Crippen molar-refractivity contribution < 1.29 is 9.66 Å². The molecule has 0 saturated carbocycles. The summed E-state index contributed by atoms with van der Waals surface area (Å²) in [4.78, 5) is 15.1. The van der Waals surface area contributed by atoms with Crippen LogP contribution in [0.25, 0.3) is 22.4 Å². The average Bonchev–Trinajstić information content (AvgIpc) is 2.67. The first-order chi connectivity index (χ1) is 13.0. The number of nitro benzene ring substituents is 1. The van der Waals surface area contributed by atoms with E-state index in [0.717, 1.165) is 4.47 Å². The third-order valence-electron chi connectivity index (χ3n) is 3.99. The molecule has 1 heterocycles. The van der Waals surface area contributed by atoms with Gasteiger partial charge in [0.1, 0.15) is 23.2 Å². The molecule has 0 saturated heterocycles. The lowest BCUT2D eigenvalue weighted by atomic mass is 9.97. The smallest absolute Gasteiger partial charge is 0.278 e. The maximum Gasteiger partial charge on any atom is 0.278 e. The number of nitrogens with zero attached hydrogens (tertiary/aromatic N) is 3. The molecule has 27 heavy (non-hydrogen) atoms. The molecule has 0 bridgehead atoms. The van der Waals surface area contributed by atoms with Crippen LogP contribution in [0.5, 0.6) is 5.75 Å². The zero-order valence-corrected chi connectivity index (χ0v) is 15.7. The number of nitrogens with two attached hydrogens (primary N) is 1. The van der Waals surface area contributed by atoms with Crippen molar-refractivity contribution in [2.24, 2.45) is 0 Å². The Hall–Kier alpha value is -3.44. The average molecular weight is 425 g/mol. The summed E-state index contributed by atoms with van der Waals surface area (Å²) in [5.74, 6) is 0.527. The molecule has 0 fully saturated rings. The summed E-state index contributed by atoms with van der Waals surface area (Å²) in [6.07, 6.45) is 0. The molecule has 0 spiro atoms. The number of hydrogen-bond donors (Lipinski definition) is 1. The molecule has 0 amide bonds. The first-order valence-electron chi connectivity index (χ1n) is 7.74. The highest BCUT2D eigenvalue weighted by Crippen LogP contribution is 2.39. The molecule has 2 N–H and O–H groups in total. The molecule has 0 unspecified atom stereocenters. The summed E-state index contributed by atoms with van der Waals surface area (Å²) in [5.41, 5.74) is 7.81. The van der Waals surface area contributed by atoms with Crippen molar-refractivity contribution in [2.45, 2.75) is 0 Å². The van der Waals surface area contributed by atoms with Crippen LogP contribution in [0.2, 0.25) is 0 Å². The van der Waals surface area contributed by atoms with Crippen molar-refractivity contribution >= 4 is 27.4 Å². The first-order valence-corrected chi connectivity index (χ1v) is 8.54. The van der Waals surface area contributed by atoms with E-state index in [1.54, 1.807) is 36.4 Å². The first kappa shape index (κ1) is 18.4. The third-order valence-corrected chi connectivity index (χ3v) is 4.48. The number of benzene rings is 2. The van der Waals surface area contributed by atoms with E-state index < -0.39 is 4.92 Å². The summed E-state index contributed by atoms with van der Waals surface area (Å²) in [6, 6.07) is 15.3. The molecule has 3 rings (SSSR count). The van der Waals surface area contributed by atoms with E-state index in [4.69, 9.17) is 10.5 Å². The van der Waals surface area contributed by atoms with Crippen LogP contribution < -0.4 is 10.5 Å². The number of para-hydroxylation sites is 1. The lowest BCUT2D eigenvalue weighted by Crippen LogP contribution is -2.02. The van der Waals surface area contributed by atoms with Crippen LogP contribution in [0, 0.1) is 21.4 Å². The Morgan fingerprint density at radius 3 is 2.59 bits per heavy atom. The predicted octanol–water partition coefficient (Wildman–Crippen LogP) is 4.55. The van der Waals surface area contributed by atoms with Gasteiger partial charge in [-0.1, -0.05) is 28.1 Å². The van der Waals surface area contributed by atoms with Gasteiger partial charge in [-0.3, -0.25) is 10.1 Å². The van der Waals surface area contributed by atoms with Gasteiger partial charge in [0.15, 0.2) is 0 Å². The highest BCUT2D eigenvalue weighted by atomic mass is 79.9. The molecule has 1 aromatic heterocycles. The van der Waals surface area contributed by atoms with E-state index in [1.807, 2.05) is 6.07 Å². The second kappa shape index (κ2) is 7.43. The molecule has 7 nitrogen and oxygen atoms in total. The minimum atomic E-state index is -0.481. The summed E-state index contributed by atoms with van der Waals surface area (Å²) in [7, 11) is 1.52. The number of anilines is 1. The Labute approximate surface area is 163 Å². The molecule has 2 aromatic carbocycles. The van der Waals surface area contributed by atoms with Crippen LogP contribution in [0.1, 0.15) is 5.56 Å². The van der Waals surface area contributed by atoms with Crippen molar-refractivity contribution in [2.75, 3.05) is 12.8 Å². The fourth-order valence-electron chi connectivity index (χ4n) is 2.77. The second-order valence-corrected chi connectivity index (χ2v) is 6.46. The van der Waals surface area contributed by atoms with Gasteiger partial charge in [0.05, 0.1) is 23.3 Å². The Kier molecular flexibility index (Phi) is 5.05. The lowest BCUT2D eigenvalue weighted by molar-refractivity contribution is -0.384. The summed E-state index contributed by atoms with van der Waals surface area (Å²) >= 11 is 3.41. The molecule has 0 aliphatic carbocycles. The molecule has 3 aromatic rings. The van der Waals surface area contributed by atoms with Gasteiger partial charge in [-0.25, -0.2) is 4.98 Å². The maximum atomic E-state index is 11.4. The molecule has 134 valence electrons. The number of rotatable bonds is 4. The number of nitriles is 1. The minimum Gasteiger partial charge on any atom is -0.496 e. The fraction of sp³-hybridized carbons (Fsp3) is 0.0526. The van der Waals surface area contributed by atoms with Crippen molar-refractivity contribution in [1.82, 2.24) is 4.98 Å². The Morgan fingerprint density at radius 1 is 1.19 bits per heavy atom. The Bertz CT molecular complexity index is 1090. The van der Waals surface area contributed by atoms with Gasteiger partial charge in [0.25, 0.3) is 5.69 Å². The van der Waals surface area contributed by atoms with Gasteiger partial charge in [-0.15, -0.1) is 0 Å². The number of nitrogen functional groups attached to an aromatic ring is 1. The number of nitro groups is 1. The number of aromatic nitrogens is 1. The zero-order valence-electron chi connectivity index (χ0n) is 14.1. The van der Waals surface area contributed by atoms with Crippen LogP contribution in [0.15, 0.2) is 53.0 Å². The number of pyridine rings is 1. The number of ether oxygens (including phenoxy) is 1. The van der Waals surface area contributed by atoms with Gasteiger partial charge in [-0.2, -0.15) is 5.26 Å². The quantitative estimate of drug-likeness (QED) is 0.485. The third kappa shape index (κ3) is 3.45. The topological polar surface area (TPSA) is 115 Å². The zero-order chi connectivity index (χ0) is 19.6. The van der Waals surface area contributed by atoms with E-state index in [9.17, 15) is 15.4 Å². The van der Waals surface area contributed by atoms with Crippen molar-refractivity contribution in [3.05, 3.63) is 68.7 Å². The predicted molar refractivity (Wildman–Crippen MR) is 105 cm³/mol. The normalized spacial score (nSPS) is 10.3. The second-order valence-electron chi connectivity index (χ2n) is 5.55. The molecule has 0 aliphatic heterocycles. The molecule has 0 atom stereocenters. The van der Waals surface area contributed by atoms with E-state index in [0.29, 0.717) is 28.1 Å². The molecule has 0 radical (unpaired) electrons. The van der Waals surface area contributed by atoms with E-state index in [2.05, 4.69) is 27.0 Å². The van der Waals surface area contributed by atoms with E-state index in [-0.39, 0.29) is 17.1 Å². The van der Waals surface area contributed by atoms with Gasteiger partial charge >= 0.3 is 0 Å². The monoisotopic (exact) mass is 424 g/mol. The van der Waals surface area contributed by atoms with Gasteiger partial charge < -0.3 is 10.5 Å². The fourth-order valence-corrected chi connectivity index (χ4v) is 3.13. The summed E-state index contributed by atoms with van der Waals surface area (Å²) in [6.45, 7) is 0. The lowest BCUT2D eigenvalue weighted by Gasteiger charge is -2.13.